The van der Waals surface area contributed by atoms with Crippen LogP contribution in [0.4, 0.5) is 0 Å². The van der Waals surface area contributed by atoms with Gasteiger partial charge in [-0.2, -0.15) is 10.2 Å². The monoisotopic (exact) mass is 364 g/mol. The summed E-state index contributed by atoms with van der Waals surface area (Å²) in [5.41, 5.74) is 4.06. The molecule has 0 aromatic carbocycles. The first-order valence-electron chi connectivity index (χ1n) is 7.99. The number of carbonyl (C=O) groups excluding carboxylic acids is 1. The predicted molar refractivity (Wildman–Crippen MR) is 99.5 cm³/mol. The van der Waals surface area contributed by atoms with Crippen molar-refractivity contribution in [1.29, 1.82) is 0 Å². The lowest BCUT2D eigenvalue weighted by atomic mass is 10.1. The van der Waals surface area contributed by atoms with E-state index in [4.69, 9.17) is 0 Å². The first-order valence-corrected chi connectivity index (χ1v) is 8.87. The zero-order chi connectivity index (χ0) is 17.9. The van der Waals surface area contributed by atoms with Gasteiger partial charge in [0, 0.05) is 43.3 Å². The molecule has 0 aliphatic carbocycles. The van der Waals surface area contributed by atoms with Crippen molar-refractivity contribution in [3.63, 3.8) is 0 Å². The summed E-state index contributed by atoms with van der Waals surface area (Å²) in [5, 5.41) is 16.0. The molecule has 2 N–H and O–H groups in total. The number of nitrogens with one attached hydrogen (secondary N) is 2. The van der Waals surface area contributed by atoms with Crippen LogP contribution in [0.5, 0.6) is 0 Å². The molecule has 0 unspecified atom stereocenters. The van der Waals surface area contributed by atoms with Crippen LogP contribution in [-0.2, 0) is 13.6 Å². The minimum atomic E-state index is -0.226. The molecule has 4 rings (SSSR count). The number of H-pyrrole nitrogens is 1. The van der Waals surface area contributed by atoms with Crippen molar-refractivity contribution in [2.24, 2.45) is 7.05 Å². The van der Waals surface area contributed by atoms with E-state index in [1.54, 1.807) is 40.7 Å². The number of amides is 1. The number of nitrogens with zero attached hydrogens (tertiary/aromatic N) is 4. The molecule has 7 nitrogen and oxygen atoms in total. The molecule has 0 spiro atoms. The Labute approximate surface area is 153 Å². The highest BCUT2D eigenvalue weighted by molar-refractivity contribution is 7.13. The number of rotatable bonds is 5. The summed E-state index contributed by atoms with van der Waals surface area (Å²) in [4.78, 5) is 17.6. The lowest BCUT2D eigenvalue weighted by Crippen LogP contribution is -2.23. The van der Waals surface area contributed by atoms with Crippen molar-refractivity contribution in [2.75, 3.05) is 0 Å². The first kappa shape index (κ1) is 16.2. The molecule has 0 fully saturated rings. The lowest BCUT2D eigenvalue weighted by molar-refractivity contribution is 0.0946. The summed E-state index contributed by atoms with van der Waals surface area (Å²) < 4.78 is 1.74. The maximum Gasteiger partial charge on any atom is 0.272 e. The van der Waals surface area contributed by atoms with Crippen molar-refractivity contribution < 1.29 is 4.79 Å². The first-order chi connectivity index (χ1) is 12.7. The Morgan fingerprint density at radius 3 is 2.96 bits per heavy atom. The number of thiophene rings is 1. The zero-order valence-corrected chi connectivity index (χ0v) is 14.8. The highest BCUT2D eigenvalue weighted by atomic mass is 32.1. The molecule has 4 aromatic heterocycles. The molecule has 1 amide bonds. The summed E-state index contributed by atoms with van der Waals surface area (Å²) in [6.07, 6.45) is 7.23. The highest BCUT2D eigenvalue weighted by Crippen LogP contribution is 2.23. The van der Waals surface area contributed by atoms with Gasteiger partial charge in [0.1, 0.15) is 0 Å². The van der Waals surface area contributed by atoms with Crippen molar-refractivity contribution in [3.8, 4) is 21.7 Å². The number of aromatic amines is 1. The lowest BCUT2D eigenvalue weighted by Gasteiger charge is -2.05. The van der Waals surface area contributed by atoms with Crippen molar-refractivity contribution in [3.05, 3.63) is 65.7 Å². The Hall–Kier alpha value is -3.26. The number of carbonyl (C=O) groups is 1. The molecule has 0 radical (unpaired) electrons. The van der Waals surface area contributed by atoms with E-state index < -0.39 is 0 Å². The maximum atomic E-state index is 12.3. The van der Waals surface area contributed by atoms with Crippen LogP contribution in [0.2, 0.25) is 0 Å². The third-order valence-corrected chi connectivity index (χ3v) is 4.79. The second-order valence-electron chi connectivity index (χ2n) is 5.81. The topological polar surface area (TPSA) is 88.5 Å². The fraction of sp³-hybridized carbons (Fsp3) is 0.111. The van der Waals surface area contributed by atoms with E-state index in [9.17, 15) is 4.79 Å². The standard InChI is InChI=1S/C18H16N6OS/c1-24-11-14(10-21-24)13-5-12(7-19-9-13)8-20-18(25)16-6-15(22-23-16)17-3-2-4-26-17/h2-7,9-11H,8H2,1H3,(H,20,25)(H,22,23). The Balaban J connectivity index is 1.43. The molecule has 0 bridgehead atoms. The van der Waals surface area contributed by atoms with Crippen LogP contribution in [0, 0.1) is 0 Å². The van der Waals surface area contributed by atoms with Crippen LogP contribution in [0.1, 0.15) is 16.1 Å². The minimum Gasteiger partial charge on any atom is -0.347 e. The smallest absolute Gasteiger partial charge is 0.272 e. The third kappa shape index (κ3) is 3.40. The van der Waals surface area contributed by atoms with Crippen LogP contribution < -0.4 is 5.32 Å². The molecule has 0 saturated carbocycles. The van der Waals surface area contributed by atoms with Crippen LogP contribution in [0.15, 0.2) is 54.4 Å². The van der Waals surface area contributed by atoms with Gasteiger partial charge < -0.3 is 5.32 Å². The van der Waals surface area contributed by atoms with E-state index in [2.05, 4.69) is 25.6 Å². The van der Waals surface area contributed by atoms with Gasteiger partial charge in [-0.15, -0.1) is 11.3 Å². The van der Waals surface area contributed by atoms with Crippen LogP contribution in [-0.4, -0.2) is 30.9 Å². The van der Waals surface area contributed by atoms with Gasteiger partial charge in [0.05, 0.1) is 16.8 Å². The Kier molecular flexibility index (Phi) is 4.32. The van der Waals surface area contributed by atoms with E-state index in [-0.39, 0.29) is 5.91 Å². The second kappa shape index (κ2) is 6.93. The summed E-state index contributed by atoms with van der Waals surface area (Å²) >= 11 is 1.59. The molecule has 130 valence electrons. The number of hydrogen-bond donors (Lipinski definition) is 2. The van der Waals surface area contributed by atoms with Gasteiger partial charge in [-0.05, 0) is 29.1 Å². The number of aromatic nitrogens is 5. The van der Waals surface area contributed by atoms with Crippen LogP contribution >= 0.6 is 11.3 Å². The predicted octanol–water partition coefficient (Wildman–Crippen LogP) is 2.86. The van der Waals surface area contributed by atoms with Gasteiger partial charge >= 0.3 is 0 Å². The van der Waals surface area contributed by atoms with Gasteiger partial charge in [-0.1, -0.05) is 6.07 Å². The zero-order valence-electron chi connectivity index (χ0n) is 14.0. The number of pyridine rings is 1. The van der Waals surface area contributed by atoms with E-state index in [0.29, 0.717) is 12.2 Å². The van der Waals surface area contributed by atoms with Crippen molar-refractivity contribution in [2.45, 2.75) is 6.54 Å². The molecule has 4 heterocycles. The molecule has 8 heteroatoms. The van der Waals surface area contributed by atoms with E-state index in [0.717, 1.165) is 27.3 Å². The van der Waals surface area contributed by atoms with E-state index in [1.165, 1.54) is 0 Å². The van der Waals surface area contributed by atoms with E-state index in [1.807, 2.05) is 36.8 Å². The second-order valence-corrected chi connectivity index (χ2v) is 6.76. The average Bonchev–Trinajstić information content (AvgIpc) is 3.40. The van der Waals surface area contributed by atoms with Gasteiger partial charge in [0.15, 0.2) is 5.69 Å². The molecule has 0 aliphatic rings. The molecular formula is C18H16N6OS. The summed E-state index contributed by atoms with van der Waals surface area (Å²) in [7, 11) is 1.87. The minimum absolute atomic E-state index is 0.226. The third-order valence-electron chi connectivity index (χ3n) is 3.88. The highest BCUT2D eigenvalue weighted by Gasteiger charge is 2.12. The van der Waals surface area contributed by atoms with Crippen molar-refractivity contribution in [1.82, 2.24) is 30.3 Å². The van der Waals surface area contributed by atoms with E-state index >= 15 is 0 Å². The molecule has 26 heavy (non-hydrogen) atoms. The molecule has 0 atom stereocenters. The molecular weight excluding hydrogens is 348 g/mol. The van der Waals surface area contributed by atoms with Crippen LogP contribution in [0.3, 0.4) is 0 Å². The molecule has 0 saturated heterocycles. The van der Waals surface area contributed by atoms with Crippen molar-refractivity contribution >= 4 is 17.2 Å². The van der Waals surface area contributed by atoms with Gasteiger partial charge in [-0.3, -0.25) is 19.6 Å². The summed E-state index contributed by atoms with van der Waals surface area (Å²) in [5.74, 6) is -0.226. The Bertz CT molecular complexity index is 1030. The maximum absolute atomic E-state index is 12.3. The van der Waals surface area contributed by atoms with Gasteiger partial charge in [0.2, 0.25) is 0 Å². The van der Waals surface area contributed by atoms with Gasteiger partial charge in [0.25, 0.3) is 5.91 Å². The van der Waals surface area contributed by atoms with Gasteiger partial charge in [-0.25, -0.2) is 0 Å². The van der Waals surface area contributed by atoms with Crippen LogP contribution in [0.25, 0.3) is 21.7 Å². The Morgan fingerprint density at radius 1 is 1.27 bits per heavy atom. The fourth-order valence-electron chi connectivity index (χ4n) is 2.58. The fourth-order valence-corrected chi connectivity index (χ4v) is 3.27. The summed E-state index contributed by atoms with van der Waals surface area (Å²) in [6.45, 7) is 0.376. The Morgan fingerprint density at radius 2 is 2.19 bits per heavy atom. The largest absolute Gasteiger partial charge is 0.347 e. The quantitative estimate of drug-likeness (QED) is 0.570. The molecule has 0 aliphatic heterocycles. The normalized spacial score (nSPS) is 10.8. The number of aryl methyl sites for hydroxylation is 1. The SMILES string of the molecule is Cn1cc(-c2cncc(CNC(=O)c3cc(-c4cccs4)[nH]n3)c2)cn1. The molecule has 4 aromatic rings. The average molecular weight is 364 g/mol. The summed E-state index contributed by atoms with van der Waals surface area (Å²) in [6, 6.07) is 7.69. The number of hydrogen-bond acceptors (Lipinski definition) is 5.